The second kappa shape index (κ2) is 11.8. The van der Waals surface area contributed by atoms with Gasteiger partial charge in [0.1, 0.15) is 30.5 Å². The number of allylic oxidation sites excluding steroid dienone is 1. The van der Waals surface area contributed by atoms with Gasteiger partial charge in [-0.05, 0) is 85.4 Å². The Morgan fingerprint density at radius 2 is 1.75 bits per heavy atom. The summed E-state index contributed by atoms with van der Waals surface area (Å²) in [5.74, 6) is 1.75. The molecule has 44 heavy (non-hydrogen) atoms. The largest absolute Gasteiger partial charge is 0.460 e. The van der Waals surface area contributed by atoms with E-state index in [0.29, 0.717) is 48.3 Å². The van der Waals surface area contributed by atoms with Crippen molar-refractivity contribution >= 4 is 5.97 Å². The molecule has 250 valence electrons. The lowest BCUT2D eigenvalue weighted by molar-refractivity contribution is -0.272. The fraction of sp³-hybridized carbons (Fsp3) is 0.912. The lowest BCUT2D eigenvalue weighted by Crippen LogP contribution is -2.53. The average Bonchev–Trinajstić information content (AvgIpc) is 3.46. The third-order valence-corrected chi connectivity index (χ3v) is 13.5. The summed E-state index contributed by atoms with van der Waals surface area (Å²) in [5, 5.41) is 59.0. The first kappa shape index (κ1) is 32.8. The summed E-state index contributed by atoms with van der Waals surface area (Å²) in [6, 6.07) is 0. The van der Waals surface area contributed by atoms with Crippen molar-refractivity contribution in [2.45, 2.75) is 134 Å². The van der Waals surface area contributed by atoms with E-state index in [0.717, 1.165) is 38.7 Å². The Labute approximate surface area is 260 Å². The minimum atomic E-state index is -2.10. The van der Waals surface area contributed by atoms with Gasteiger partial charge in [-0.1, -0.05) is 39.3 Å². The van der Waals surface area contributed by atoms with Gasteiger partial charge < -0.3 is 44.8 Å². The van der Waals surface area contributed by atoms with Gasteiger partial charge in [0, 0.05) is 18.8 Å². The maximum Gasteiger partial charge on any atom is 0.338 e. The van der Waals surface area contributed by atoms with Crippen LogP contribution in [0.5, 0.6) is 0 Å². The minimum absolute atomic E-state index is 0.0139. The summed E-state index contributed by atoms with van der Waals surface area (Å²) in [6.45, 7) is 9.47. The van der Waals surface area contributed by atoms with Crippen LogP contribution in [0.1, 0.15) is 85.5 Å². The van der Waals surface area contributed by atoms with Crippen LogP contribution in [0.15, 0.2) is 11.6 Å². The second-order valence-electron chi connectivity index (χ2n) is 15.7. The topological polar surface area (TPSA) is 166 Å². The number of esters is 1. The minimum Gasteiger partial charge on any atom is -0.460 e. The van der Waals surface area contributed by atoms with Gasteiger partial charge in [0.2, 0.25) is 0 Å². The lowest BCUT2D eigenvalue weighted by atomic mass is 9.47. The van der Waals surface area contributed by atoms with Gasteiger partial charge in [-0.2, -0.15) is 0 Å². The van der Waals surface area contributed by atoms with E-state index in [-0.39, 0.29) is 16.9 Å². The predicted octanol–water partition coefficient (Wildman–Crippen LogP) is 2.06. The van der Waals surface area contributed by atoms with Crippen LogP contribution in [0.25, 0.3) is 0 Å². The molecule has 1 spiro atoms. The Bertz CT molecular complexity index is 1100. The van der Waals surface area contributed by atoms with Crippen molar-refractivity contribution in [1.29, 1.82) is 0 Å². The molecule has 0 aromatic heterocycles. The molecule has 0 aromatic carbocycles. The Morgan fingerprint density at radius 3 is 2.43 bits per heavy atom. The fourth-order valence-electron chi connectivity index (χ4n) is 10.8. The summed E-state index contributed by atoms with van der Waals surface area (Å²) in [7, 11) is 0. The van der Waals surface area contributed by atoms with E-state index >= 15 is 0 Å². The zero-order valence-corrected chi connectivity index (χ0v) is 26.7. The smallest absolute Gasteiger partial charge is 0.338 e. The molecule has 2 saturated heterocycles. The van der Waals surface area contributed by atoms with E-state index in [4.69, 9.17) is 19.3 Å². The molecule has 6 N–H and O–H groups in total. The zero-order chi connectivity index (χ0) is 31.8. The molecule has 2 aliphatic heterocycles. The summed E-state index contributed by atoms with van der Waals surface area (Å²) >= 11 is 0. The van der Waals surface area contributed by atoms with Crippen molar-refractivity contribution in [3.8, 4) is 0 Å². The predicted molar refractivity (Wildman–Crippen MR) is 159 cm³/mol. The van der Waals surface area contributed by atoms with Crippen LogP contribution in [0, 0.1) is 46.3 Å². The Morgan fingerprint density at radius 1 is 1.00 bits per heavy atom. The number of carbonyl (C=O) groups excluding carboxylic acids is 1. The summed E-state index contributed by atoms with van der Waals surface area (Å²) in [6.07, 6.45) is 0.935. The average molecular weight is 623 g/mol. The van der Waals surface area contributed by atoms with E-state index in [1.54, 1.807) is 0 Å². The van der Waals surface area contributed by atoms with Crippen molar-refractivity contribution in [3.05, 3.63) is 11.6 Å². The third-order valence-electron chi connectivity index (χ3n) is 13.5. The molecule has 2 heterocycles. The highest BCUT2D eigenvalue weighted by Crippen LogP contribution is 2.70. The van der Waals surface area contributed by atoms with Gasteiger partial charge >= 0.3 is 5.97 Å². The monoisotopic (exact) mass is 622 g/mol. The number of fused-ring (bicyclic) bond motifs is 7. The Kier molecular flexibility index (Phi) is 8.84. The standard InChI is InChI=1S/C34H54O10/c1-17-7-12-34(42-16-17)18(2)26-25(44-34)14-23-21-6-5-19-13-20(8-10-32(19,3)22(21)9-11-33(23,26)4)43-31(41)30(40)29(39)28(38)27(37)24(36)15-35/h5,17-18,20-30,35-40H,6-16H2,1-4H3/t17-,18+,20+,21-,22+,23+,24-,25+,26+,27-,28-,29+,30+,32+,33+,34-/m1/s1. The molecule has 6 rings (SSSR count). The molecule has 0 radical (unpaired) electrons. The SMILES string of the molecule is C[C@@H]1CC[C@@]2(OC1)O[C@H]1C[C@H]3[C@@H]4CC=C5C[C@@H](OC(=O)[C@@H](O)[C@@H](O)[C@H](O)[C@H](O)[C@H](O)CO)CC[C@]5(C)[C@H]4CC[C@]3(C)[C@H]1[C@@H]2C. The first-order valence-electron chi connectivity index (χ1n) is 17.0. The molecular formula is C34H54O10. The first-order valence-corrected chi connectivity index (χ1v) is 17.0. The molecule has 4 aliphatic carbocycles. The molecule has 0 unspecified atom stereocenters. The Hall–Kier alpha value is -1.11. The molecule has 10 nitrogen and oxygen atoms in total. The molecule has 6 aliphatic rings. The highest BCUT2D eigenvalue weighted by molar-refractivity contribution is 5.75. The molecule has 0 amide bonds. The van der Waals surface area contributed by atoms with Gasteiger partial charge in [0.15, 0.2) is 11.9 Å². The van der Waals surface area contributed by atoms with Crippen molar-refractivity contribution in [3.63, 3.8) is 0 Å². The van der Waals surface area contributed by atoms with Crippen LogP contribution in [-0.4, -0.2) is 98.3 Å². The van der Waals surface area contributed by atoms with Crippen LogP contribution in [0.3, 0.4) is 0 Å². The van der Waals surface area contributed by atoms with E-state index in [1.165, 1.54) is 18.4 Å². The molecular weight excluding hydrogens is 568 g/mol. The van der Waals surface area contributed by atoms with E-state index < -0.39 is 55.0 Å². The van der Waals surface area contributed by atoms with Gasteiger partial charge in [0.25, 0.3) is 0 Å². The molecule has 10 heteroatoms. The third kappa shape index (κ3) is 5.11. The summed E-state index contributed by atoms with van der Waals surface area (Å²) in [4.78, 5) is 12.7. The van der Waals surface area contributed by atoms with Gasteiger partial charge in [-0.15, -0.1) is 0 Å². The number of aliphatic hydroxyl groups excluding tert-OH is 6. The van der Waals surface area contributed by atoms with Crippen molar-refractivity contribution < 1.29 is 49.6 Å². The summed E-state index contributed by atoms with van der Waals surface area (Å²) in [5.41, 5.74) is 1.55. The highest BCUT2D eigenvalue weighted by Gasteiger charge is 2.68. The van der Waals surface area contributed by atoms with Crippen LogP contribution in [0.2, 0.25) is 0 Å². The first-order chi connectivity index (χ1) is 20.8. The highest BCUT2D eigenvalue weighted by atomic mass is 16.7. The molecule has 5 fully saturated rings. The number of hydrogen-bond donors (Lipinski definition) is 6. The van der Waals surface area contributed by atoms with Crippen molar-refractivity contribution in [2.24, 2.45) is 46.3 Å². The van der Waals surface area contributed by atoms with Crippen molar-refractivity contribution in [1.82, 2.24) is 0 Å². The zero-order valence-electron chi connectivity index (χ0n) is 26.7. The van der Waals surface area contributed by atoms with E-state index in [1.807, 2.05) is 0 Å². The number of ether oxygens (including phenoxy) is 3. The summed E-state index contributed by atoms with van der Waals surface area (Å²) < 4.78 is 19.0. The van der Waals surface area contributed by atoms with Crippen LogP contribution in [0.4, 0.5) is 0 Å². The van der Waals surface area contributed by atoms with E-state index in [9.17, 15) is 30.3 Å². The van der Waals surface area contributed by atoms with Crippen LogP contribution in [-0.2, 0) is 19.0 Å². The van der Waals surface area contributed by atoms with Gasteiger partial charge in [0.05, 0.1) is 19.3 Å². The van der Waals surface area contributed by atoms with Crippen LogP contribution >= 0.6 is 0 Å². The molecule has 16 atom stereocenters. The Balaban J connectivity index is 1.10. The molecule has 0 bridgehead atoms. The number of rotatable bonds is 7. The maximum atomic E-state index is 12.7. The maximum absolute atomic E-state index is 12.7. The number of hydrogen-bond acceptors (Lipinski definition) is 10. The van der Waals surface area contributed by atoms with E-state index in [2.05, 4.69) is 33.8 Å². The van der Waals surface area contributed by atoms with Crippen molar-refractivity contribution in [2.75, 3.05) is 13.2 Å². The quantitative estimate of drug-likeness (QED) is 0.183. The lowest BCUT2D eigenvalue weighted by Gasteiger charge is -2.58. The number of carbonyl (C=O) groups is 1. The van der Waals surface area contributed by atoms with Gasteiger partial charge in [-0.3, -0.25) is 0 Å². The normalized spacial score (nSPS) is 48.2. The molecule has 3 saturated carbocycles. The van der Waals surface area contributed by atoms with Gasteiger partial charge in [-0.25, -0.2) is 4.79 Å². The second-order valence-corrected chi connectivity index (χ2v) is 15.7. The number of aliphatic hydroxyl groups is 6. The molecule has 0 aromatic rings. The fourth-order valence-corrected chi connectivity index (χ4v) is 10.8. The van der Waals surface area contributed by atoms with Crippen LogP contribution < -0.4 is 0 Å².